The molecule has 0 atom stereocenters. The first-order chi connectivity index (χ1) is 8.65. The number of thiophene rings is 1. The summed E-state index contributed by atoms with van der Waals surface area (Å²) < 4.78 is 3.86. The van der Waals surface area contributed by atoms with Crippen LogP contribution in [0.2, 0.25) is 4.34 Å². The smallest absolute Gasteiger partial charge is 0.264 e. The number of aryl methyl sites for hydroxylation is 1. The van der Waals surface area contributed by atoms with Gasteiger partial charge in [0, 0.05) is 11.9 Å². The Kier molecular flexibility index (Phi) is 2.68. The van der Waals surface area contributed by atoms with Gasteiger partial charge in [-0.1, -0.05) is 11.6 Å². The van der Waals surface area contributed by atoms with Crippen LogP contribution in [0.4, 0.5) is 0 Å². The van der Waals surface area contributed by atoms with Crippen molar-refractivity contribution in [3.05, 3.63) is 44.2 Å². The SMILES string of the molecule is Cn1ncc2c(=O)n(Cc3ccc(Cl)s3)cnc21. The van der Waals surface area contributed by atoms with E-state index >= 15 is 0 Å². The quantitative estimate of drug-likeness (QED) is 0.720. The van der Waals surface area contributed by atoms with Gasteiger partial charge in [0.25, 0.3) is 5.56 Å². The molecule has 7 heteroatoms. The van der Waals surface area contributed by atoms with Gasteiger partial charge in [0.05, 0.1) is 17.1 Å². The number of fused-ring (bicyclic) bond motifs is 1. The first-order valence-electron chi connectivity index (χ1n) is 5.26. The highest BCUT2D eigenvalue weighted by atomic mass is 35.5. The van der Waals surface area contributed by atoms with Gasteiger partial charge in [-0.15, -0.1) is 11.3 Å². The van der Waals surface area contributed by atoms with Gasteiger partial charge < -0.3 is 0 Å². The van der Waals surface area contributed by atoms with Gasteiger partial charge in [0.2, 0.25) is 0 Å². The molecule has 0 radical (unpaired) electrons. The molecular weight excluding hydrogens is 272 g/mol. The maximum absolute atomic E-state index is 12.2. The van der Waals surface area contributed by atoms with E-state index in [2.05, 4.69) is 10.1 Å². The van der Waals surface area contributed by atoms with Gasteiger partial charge in [-0.2, -0.15) is 5.10 Å². The van der Waals surface area contributed by atoms with Crippen LogP contribution in [0.25, 0.3) is 11.0 Å². The molecule has 0 fully saturated rings. The lowest BCUT2D eigenvalue weighted by Crippen LogP contribution is -2.20. The standard InChI is InChI=1S/C11H9ClN4OS/c1-15-10-8(4-14-15)11(17)16(6-13-10)5-7-2-3-9(12)18-7/h2-4,6H,5H2,1H3. The van der Waals surface area contributed by atoms with E-state index in [1.807, 2.05) is 12.1 Å². The molecule has 0 aliphatic heterocycles. The lowest BCUT2D eigenvalue weighted by molar-refractivity contribution is 0.745. The van der Waals surface area contributed by atoms with Gasteiger partial charge in [-0.25, -0.2) is 4.98 Å². The molecule has 3 heterocycles. The van der Waals surface area contributed by atoms with Gasteiger partial charge in [-0.05, 0) is 12.1 Å². The van der Waals surface area contributed by atoms with Gasteiger partial charge in [0.1, 0.15) is 11.7 Å². The zero-order valence-corrected chi connectivity index (χ0v) is 11.1. The maximum Gasteiger partial charge on any atom is 0.264 e. The Morgan fingerprint density at radius 2 is 2.28 bits per heavy atom. The minimum absolute atomic E-state index is 0.0855. The van der Waals surface area contributed by atoms with E-state index < -0.39 is 0 Å². The molecule has 0 amide bonds. The van der Waals surface area contributed by atoms with Gasteiger partial charge in [0.15, 0.2) is 5.65 Å². The molecule has 92 valence electrons. The van der Waals surface area contributed by atoms with E-state index in [9.17, 15) is 4.79 Å². The number of nitrogens with zero attached hydrogens (tertiary/aromatic N) is 4. The van der Waals surface area contributed by atoms with Crippen LogP contribution in [-0.4, -0.2) is 19.3 Å². The number of rotatable bonds is 2. The number of aromatic nitrogens is 4. The average molecular weight is 281 g/mol. The molecule has 3 aromatic heterocycles. The lowest BCUT2D eigenvalue weighted by Gasteiger charge is -2.02. The Balaban J connectivity index is 2.07. The van der Waals surface area contributed by atoms with E-state index in [0.717, 1.165) is 4.88 Å². The highest BCUT2D eigenvalue weighted by molar-refractivity contribution is 7.16. The Bertz CT molecular complexity index is 773. The van der Waals surface area contributed by atoms with Crippen LogP contribution >= 0.6 is 22.9 Å². The summed E-state index contributed by atoms with van der Waals surface area (Å²) in [6.45, 7) is 0.480. The minimum Gasteiger partial charge on any atom is -0.293 e. The second-order valence-corrected chi connectivity index (χ2v) is 5.69. The van der Waals surface area contributed by atoms with E-state index in [0.29, 0.717) is 21.9 Å². The van der Waals surface area contributed by atoms with Crippen LogP contribution in [-0.2, 0) is 13.6 Å². The summed E-state index contributed by atoms with van der Waals surface area (Å²) in [6.07, 6.45) is 3.09. The Morgan fingerprint density at radius 3 is 3.00 bits per heavy atom. The van der Waals surface area contributed by atoms with Gasteiger partial charge >= 0.3 is 0 Å². The summed E-state index contributed by atoms with van der Waals surface area (Å²) in [7, 11) is 1.76. The third-order valence-electron chi connectivity index (χ3n) is 2.67. The minimum atomic E-state index is -0.0855. The zero-order valence-electron chi connectivity index (χ0n) is 9.50. The molecule has 0 aliphatic carbocycles. The van der Waals surface area contributed by atoms with Crippen LogP contribution < -0.4 is 5.56 Å². The maximum atomic E-state index is 12.2. The molecule has 0 unspecified atom stereocenters. The summed E-state index contributed by atoms with van der Waals surface area (Å²) >= 11 is 7.33. The van der Waals surface area contributed by atoms with Crippen molar-refractivity contribution < 1.29 is 0 Å². The van der Waals surface area contributed by atoms with Crippen molar-refractivity contribution in [1.29, 1.82) is 0 Å². The molecule has 0 saturated heterocycles. The first-order valence-corrected chi connectivity index (χ1v) is 6.46. The monoisotopic (exact) mass is 280 g/mol. The highest BCUT2D eigenvalue weighted by Gasteiger charge is 2.08. The number of halogens is 1. The number of hydrogen-bond acceptors (Lipinski definition) is 4. The summed E-state index contributed by atoms with van der Waals surface area (Å²) in [5.74, 6) is 0. The predicted octanol–water partition coefficient (Wildman–Crippen LogP) is 1.89. The Morgan fingerprint density at radius 1 is 1.44 bits per heavy atom. The zero-order chi connectivity index (χ0) is 12.7. The van der Waals surface area contributed by atoms with E-state index in [4.69, 9.17) is 11.6 Å². The molecule has 18 heavy (non-hydrogen) atoms. The molecule has 0 aliphatic rings. The molecule has 0 saturated carbocycles. The van der Waals surface area contributed by atoms with Crippen molar-refractivity contribution in [2.45, 2.75) is 6.54 Å². The van der Waals surface area contributed by atoms with Crippen LogP contribution in [0, 0.1) is 0 Å². The van der Waals surface area contributed by atoms with Gasteiger partial charge in [-0.3, -0.25) is 14.0 Å². The fourth-order valence-corrected chi connectivity index (χ4v) is 2.87. The second-order valence-electron chi connectivity index (χ2n) is 3.89. The largest absolute Gasteiger partial charge is 0.293 e. The summed E-state index contributed by atoms with van der Waals surface area (Å²) in [6, 6.07) is 3.73. The predicted molar refractivity (Wildman–Crippen MR) is 71.2 cm³/mol. The van der Waals surface area contributed by atoms with Crippen molar-refractivity contribution >= 4 is 34.0 Å². The molecule has 5 nitrogen and oxygen atoms in total. The first kappa shape index (κ1) is 11.4. The summed E-state index contributed by atoms with van der Waals surface area (Å²) in [5.41, 5.74) is 0.512. The van der Waals surface area contributed by atoms with Crippen molar-refractivity contribution in [2.24, 2.45) is 7.05 Å². The summed E-state index contributed by atoms with van der Waals surface area (Å²) in [4.78, 5) is 17.5. The molecule has 0 spiro atoms. The Labute approximate surface area is 111 Å². The third-order valence-corrected chi connectivity index (χ3v) is 3.89. The average Bonchev–Trinajstić information content (AvgIpc) is 2.91. The van der Waals surface area contributed by atoms with Crippen molar-refractivity contribution in [3.63, 3.8) is 0 Å². The van der Waals surface area contributed by atoms with Crippen molar-refractivity contribution in [2.75, 3.05) is 0 Å². The molecular formula is C11H9ClN4OS. The fourth-order valence-electron chi connectivity index (χ4n) is 1.78. The topological polar surface area (TPSA) is 52.7 Å². The van der Waals surface area contributed by atoms with E-state index in [1.165, 1.54) is 11.3 Å². The fraction of sp³-hybridized carbons (Fsp3) is 0.182. The summed E-state index contributed by atoms with van der Waals surface area (Å²) in [5, 5.41) is 4.56. The van der Waals surface area contributed by atoms with Crippen LogP contribution in [0.15, 0.2) is 29.5 Å². The van der Waals surface area contributed by atoms with Crippen LogP contribution in [0.3, 0.4) is 0 Å². The van der Waals surface area contributed by atoms with E-state index in [-0.39, 0.29) is 5.56 Å². The highest BCUT2D eigenvalue weighted by Crippen LogP contribution is 2.21. The Hall–Kier alpha value is -1.66. The second kappa shape index (κ2) is 4.22. The van der Waals surface area contributed by atoms with Crippen molar-refractivity contribution in [1.82, 2.24) is 19.3 Å². The number of hydrogen-bond donors (Lipinski definition) is 0. The molecule has 0 N–H and O–H groups in total. The van der Waals surface area contributed by atoms with Crippen molar-refractivity contribution in [3.8, 4) is 0 Å². The molecule has 3 rings (SSSR count). The van der Waals surface area contributed by atoms with Crippen LogP contribution in [0.5, 0.6) is 0 Å². The van der Waals surface area contributed by atoms with E-state index in [1.54, 1.807) is 28.8 Å². The lowest BCUT2D eigenvalue weighted by atomic mass is 10.4. The normalized spacial score (nSPS) is 11.2. The molecule has 0 aromatic carbocycles. The third kappa shape index (κ3) is 1.83. The molecule has 3 aromatic rings. The molecule has 0 bridgehead atoms. The van der Waals surface area contributed by atoms with Crippen LogP contribution in [0.1, 0.15) is 4.88 Å².